The first-order valence-electron chi connectivity index (χ1n) is 6.78. The Morgan fingerprint density at radius 3 is 3.11 bits per heavy atom. The third-order valence-electron chi connectivity index (χ3n) is 4.10. The Balaban J connectivity index is 2.01. The molecule has 0 unspecified atom stereocenters. The summed E-state index contributed by atoms with van der Waals surface area (Å²) in [6.07, 6.45) is 3.05. The molecule has 4 nitrogen and oxygen atoms in total. The molecule has 0 spiro atoms. The minimum atomic E-state index is -0.0913. The average Bonchev–Trinajstić information content (AvgIpc) is 2.91. The molecule has 2 aromatic heterocycles. The molecule has 2 aliphatic rings. The monoisotopic (exact) mass is 275 g/mol. The van der Waals surface area contributed by atoms with E-state index in [9.17, 15) is 0 Å². The zero-order valence-electron chi connectivity index (χ0n) is 11.2. The third-order valence-corrected chi connectivity index (χ3v) is 5.22. The first-order chi connectivity index (χ1) is 9.05. The van der Waals surface area contributed by atoms with Crippen LogP contribution >= 0.6 is 11.3 Å². The van der Waals surface area contributed by atoms with Crippen molar-refractivity contribution in [2.45, 2.75) is 51.9 Å². The summed E-state index contributed by atoms with van der Waals surface area (Å²) >= 11 is 1.76. The molecule has 4 heterocycles. The van der Waals surface area contributed by atoms with Crippen LogP contribution in [0.5, 0.6) is 0 Å². The number of aromatic nitrogens is 2. The maximum atomic E-state index is 8.45. The highest BCUT2D eigenvalue weighted by atomic mass is 32.1. The molecule has 0 aliphatic carbocycles. The highest BCUT2D eigenvalue weighted by molar-refractivity contribution is 7.18. The lowest BCUT2D eigenvalue weighted by Crippen LogP contribution is -2.31. The Bertz CT molecular complexity index is 741. The van der Waals surface area contributed by atoms with Gasteiger partial charge in [-0.3, -0.25) is 5.41 Å². The van der Waals surface area contributed by atoms with Crippen molar-refractivity contribution in [2.24, 2.45) is 0 Å². The van der Waals surface area contributed by atoms with Crippen LogP contribution < -0.4 is 5.49 Å². The van der Waals surface area contributed by atoms with Gasteiger partial charge in [-0.05, 0) is 20.3 Å². The van der Waals surface area contributed by atoms with Crippen LogP contribution in [0.25, 0.3) is 10.2 Å². The third kappa shape index (κ3) is 1.61. The van der Waals surface area contributed by atoms with E-state index in [1.54, 1.807) is 11.3 Å². The van der Waals surface area contributed by atoms with Crippen LogP contribution in [0, 0.1) is 5.41 Å². The predicted octanol–water partition coefficient (Wildman–Crippen LogP) is 2.37. The van der Waals surface area contributed by atoms with E-state index in [1.807, 2.05) is 0 Å². The van der Waals surface area contributed by atoms with Crippen molar-refractivity contribution in [3.05, 3.63) is 21.8 Å². The van der Waals surface area contributed by atoms with E-state index in [4.69, 9.17) is 15.1 Å². The fourth-order valence-electron chi connectivity index (χ4n) is 3.09. The van der Waals surface area contributed by atoms with Gasteiger partial charge in [-0.25, -0.2) is 4.98 Å². The molecule has 2 aliphatic heterocycles. The summed E-state index contributed by atoms with van der Waals surface area (Å²) in [6, 6.07) is 0. The largest absolute Gasteiger partial charge is 0.370 e. The minimum absolute atomic E-state index is 0.0913. The lowest BCUT2D eigenvalue weighted by molar-refractivity contribution is -0.0383. The van der Waals surface area contributed by atoms with Crippen molar-refractivity contribution < 1.29 is 4.74 Å². The molecule has 0 fully saturated rings. The van der Waals surface area contributed by atoms with Gasteiger partial charge in [0.1, 0.15) is 16.1 Å². The van der Waals surface area contributed by atoms with Crippen molar-refractivity contribution >= 4 is 21.6 Å². The molecule has 0 amide bonds. The Morgan fingerprint density at radius 2 is 2.26 bits per heavy atom. The van der Waals surface area contributed by atoms with Gasteiger partial charge in [0.2, 0.25) is 0 Å². The van der Waals surface area contributed by atoms with E-state index in [1.165, 1.54) is 10.4 Å². The van der Waals surface area contributed by atoms with Crippen LogP contribution in [0.4, 0.5) is 0 Å². The van der Waals surface area contributed by atoms with E-state index in [0.717, 1.165) is 41.8 Å². The van der Waals surface area contributed by atoms with Crippen molar-refractivity contribution in [1.29, 1.82) is 5.41 Å². The van der Waals surface area contributed by atoms with Crippen LogP contribution in [-0.2, 0) is 30.7 Å². The molecule has 2 aromatic rings. The van der Waals surface area contributed by atoms with Gasteiger partial charge < -0.3 is 9.30 Å². The van der Waals surface area contributed by atoms with Crippen molar-refractivity contribution in [2.75, 3.05) is 0 Å². The van der Waals surface area contributed by atoms with E-state index in [-0.39, 0.29) is 5.60 Å². The number of hydrogen-bond donors (Lipinski definition) is 1. The number of rotatable bonds is 0. The van der Waals surface area contributed by atoms with Crippen LogP contribution in [0.15, 0.2) is 0 Å². The summed E-state index contributed by atoms with van der Waals surface area (Å²) in [5.41, 5.74) is 1.75. The number of nitrogens with one attached hydrogen (secondary N) is 1. The summed E-state index contributed by atoms with van der Waals surface area (Å²) in [7, 11) is 0. The fourth-order valence-corrected chi connectivity index (χ4v) is 4.50. The molecule has 100 valence electrons. The molecule has 4 rings (SSSR count). The first kappa shape index (κ1) is 11.6. The fraction of sp³-hybridized carbons (Fsp3) is 0.571. The number of aryl methyl sites for hydroxylation is 1. The van der Waals surface area contributed by atoms with Gasteiger partial charge in [-0.2, -0.15) is 0 Å². The molecule has 0 atom stereocenters. The van der Waals surface area contributed by atoms with Crippen molar-refractivity contribution in [3.8, 4) is 0 Å². The van der Waals surface area contributed by atoms with Gasteiger partial charge in [0.05, 0.1) is 17.6 Å². The number of thiophene rings is 1. The Labute approximate surface area is 115 Å². The summed E-state index contributed by atoms with van der Waals surface area (Å²) < 4.78 is 7.98. The standard InChI is InChI=1S/C14H17N3OS/c1-14(2)6-9-8(7-18-14)11-12(15)17-5-3-4-10(17)16-13(11)19-9/h15H,3-7H2,1-2H3. The molecule has 19 heavy (non-hydrogen) atoms. The lowest BCUT2D eigenvalue weighted by Gasteiger charge is -2.29. The van der Waals surface area contributed by atoms with E-state index >= 15 is 0 Å². The molecule has 5 heteroatoms. The number of fused-ring (bicyclic) bond motifs is 4. The van der Waals surface area contributed by atoms with Crippen LogP contribution in [-0.4, -0.2) is 15.2 Å². The SMILES string of the molecule is CC1(C)Cc2sc3nc4n(c(=N)c3c2CO1)CCC4. The molecule has 0 bridgehead atoms. The number of ether oxygens (including phenoxy) is 1. The van der Waals surface area contributed by atoms with Gasteiger partial charge in [-0.1, -0.05) is 0 Å². The molecule has 0 saturated carbocycles. The zero-order valence-corrected chi connectivity index (χ0v) is 12.1. The Kier molecular flexibility index (Phi) is 2.24. The maximum Gasteiger partial charge on any atom is 0.136 e. The summed E-state index contributed by atoms with van der Waals surface area (Å²) in [6.45, 7) is 5.82. The summed E-state index contributed by atoms with van der Waals surface area (Å²) in [4.78, 5) is 7.17. The quantitative estimate of drug-likeness (QED) is 0.802. The smallest absolute Gasteiger partial charge is 0.136 e. The molecular formula is C14H17N3OS. The van der Waals surface area contributed by atoms with Gasteiger partial charge in [-0.15, -0.1) is 11.3 Å². The van der Waals surface area contributed by atoms with Crippen molar-refractivity contribution in [1.82, 2.24) is 9.55 Å². The Hall–Kier alpha value is -1.20. The average molecular weight is 275 g/mol. The number of nitrogens with zero attached hydrogens (tertiary/aromatic N) is 2. The predicted molar refractivity (Wildman–Crippen MR) is 74.4 cm³/mol. The second kappa shape index (κ2) is 3.67. The second-order valence-corrected chi connectivity index (χ2v) is 7.12. The van der Waals surface area contributed by atoms with E-state index in [2.05, 4.69) is 18.4 Å². The zero-order chi connectivity index (χ0) is 13.2. The van der Waals surface area contributed by atoms with Crippen LogP contribution in [0.1, 0.15) is 36.5 Å². The Morgan fingerprint density at radius 1 is 1.42 bits per heavy atom. The topological polar surface area (TPSA) is 50.9 Å². The normalized spacial score (nSPS) is 20.5. The van der Waals surface area contributed by atoms with Gasteiger partial charge in [0, 0.05) is 29.8 Å². The lowest BCUT2D eigenvalue weighted by atomic mass is 9.98. The maximum absolute atomic E-state index is 8.45. The first-order valence-corrected chi connectivity index (χ1v) is 7.59. The molecule has 0 aromatic carbocycles. The molecule has 0 radical (unpaired) electrons. The van der Waals surface area contributed by atoms with Crippen molar-refractivity contribution in [3.63, 3.8) is 0 Å². The highest BCUT2D eigenvalue weighted by Gasteiger charge is 2.30. The van der Waals surface area contributed by atoms with Crippen LogP contribution in [0.3, 0.4) is 0 Å². The summed E-state index contributed by atoms with van der Waals surface area (Å²) in [5.74, 6) is 1.08. The van der Waals surface area contributed by atoms with Gasteiger partial charge >= 0.3 is 0 Å². The number of hydrogen-bond acceptors (Lipinski definition) is 4. The molecular weight excluding hydrogens is 258 g/mol. The molecule has 1 N–H and O–H groups in total. The van der Waals surface area contributed by atoms with Crippen LogP contribution in [0.2, 0.25) is 0 Å². The van der Waals surface area contributed by atoms with E-state index in [0.29, 0.717) is 12.1 Å². The van der Waals surface area contributed by atoms with Gasteiger partial charge in [0.15, 0.2) is 0 Å². The summed E-state index contributed by atoms with van der Waals surface area (Å²) in [5, 5.41) is 9.48. The molecule has 0 saturated heterocycles. The minimum Gasteiger partial charge on any atom is -0.370 e. The second-order valence-electron chi connectivity index (χ2n) is 6.04. The van der Waals surface area contributed by atoms with Gasteiger partial charge in [0.25, 0.3) is 0 Å². The highest BCUT2D eigenvalue weighted by Crippen LogP contribution is 2.37. The van der Waals surface area contributed by atoms with E-state index < -0.39 is 0 Å².